The van der Waals surface area contributed by atoms with Crippen LogP contribution in [0.2, 0.25) is 0 Å². The maximum atomic E-state index is 13.1. The fourth-order valence-corrected chi connectivity index (χ4v) is 2.54. The summed E-state index contributed by atoms with van der Waals surface area (Å²) in [5.41, 5.74) is 0.969. The number of aryl methyl sites for hydroxylation is 1. The van der Waals surface area contributed by atoms with Crippen LogP contribution in [0.25, 0.3) is 0 Å². The molecule has 0 saturated heterocycles. The molecule has 27 heavy (non-hydrogen) atoms. The lowest BCUT2D eigenvalue weighted by atomic mass is 10.1. The van der Waals surface area contributed by atoms with Gasteiger partial charge in [-0.1, -0.05) is 24.3 Å². The molecule has 1 amide bonds. The number of amides is 1. The van der Waals surface area contributed by atoms with Crippen molar-refractivity contribution < 1.29 is 18.0 Å². The van der Waals surface area contributed by atoms with Crippen molar-refractivity contribution in [1.82, 2.24) is 4.98 Å². The zero-order valence-corrected chi connectivity index (χ0v) is 14.3. The van der Waals surface area contributed by atoms with Gasteiger partial charge in [0.15, 0.2) is 0 Å². The number of rotatable bonds is 4. The van der Waals surface area contributed by atoms with Crippen molar-refractivity contribution in [2.75, 3.05) is 10.6 Å². The van der Waals surface area contributed by atoms with Crippen LogP contribution < -0.4 is 10.6 Å². The van der Waals surface area contributed by atoms with E-state index in [2.05, 4.69) is 15.6 Å². The van der Waals surface area contributed by atoms with Crippen molar-refractivity contribution in [3.63, 3.8) is 0 Å². The van der Waals surface area contributed by atoms with Crippen molar-refractivity contribution >= 4 is 23.1 Å². The second-order valence-electron chi connectivity index (χ2n) is 5.92. The summed E-state index contributed by atoms with van der Waals surface area (Å²) in [6.45, 7) is 1.90. The van der Waals surface area contributed by atoms with Crippen molar-refractivity contribution in [3.05, 3.63) is 83.6 Å². The van der Waals surface area contributed by atoms with E-state index in [9.17, 15) is 18.0 Å². The van der Waals surface area contributed by atoms with Crippen molar-refractivity contribution in [3.8, 4) is 0 Å². The largest absolute Gasteiger partial charge is 0.418 e. The Morgan fingerprint density at radius 1 is 1.00 bits per heavy atom. The SMILES string of the molecule is Cc1cccc(NC(=O)c2ccnc(Nc3ccccc3C(F)(F)F)c2)c1. The molecule has 3 rings (SSSR count). The normalized spacial score (nSPS) is 11.1. The van der Waals surface area contributed by atoms with Gasteiger partial charge in [-0.3, -0.25) is 4.79 Å². The lowest BCUT2D eigenvalue weighted by Gasteiger charge is -2.14. The van der Waals surface area contributed by atoms with Gasteiger partial charge in [0.25, 0.3) is 5.91 Å². The number of pyridine rings is 1. The van der Waals surface area contributed by atoms with Gasteiger partial charge in [0.2, 0.25) is 0 Å². The van der Waals surface area contributed by atoms with Gasteiger partial charge in [0.1, 0.15) is 5.82 Å². The van der Waals surface area contributed by atoms with E-state index in [0.717, 1.165) is 11.6 Å². The van der Waals surface area contributed by atoms with E-state index in [4.69, 9.17) is 0 Å². The van der Waals surface area contributed by atoms with Crippen LogP contribution >= 0.6 is 0 Å². The van der Waals surface area contributed by atoms with Crippen LogP contribution in [0, 0.1) is 6.92 Å². The van der Waals surface area contributed by atoms with Crippen LogP contribution in [0.5, 0.6) is 0 Å². The van der Waals surface area contributed by atoms with Crippen LogP contribution in [0.15, 0.2) is 66.9 Å². The van der Waals surface area contributed by atoms with E-state index in [1.165, 1.54) is 36.5 Å². The summed E-state index contributed by atoms with van der Waals surface area (Å²) >= 11 is 0. The number of para-hydroxylation sites is 1. The van der Waals surface area contributed by atoms with E-state index in [0.29, 0.717) is 5.69 Å². The highest BCUT2D eigenvalue weighted by molar-refractivity contribution is 6.04. The Balaban J connectivity index is 1.81. The lowest BCUT2D eigenvalue weighted by molar-refractivity contribution is -0.136. The van der Waals surface area contributed by atoms with Gasteiger partial charge >= 0.3 is 6.18 Å². The third-order valence-electron chi connectivity index (χ3n) is 3.79. The van der Waals surface area contributed by atoms with E-state index >= 15 is 0 Å². The first-order chi connectivity index (χ1) is 12.8. The number of benzene rings is 2. The Kier molecular flexibility index (Phi) is 5.12. The Bertz CT molecular complexity index is 970. The van der Waals surface area contributed by atoms with Gasteiger partial charge in [-0.25, -0.2) is 4.98 Å². The van der Waals surface area contributed by atoms with Crippen molar-refractivity contribution in [2.24, 2.45) is 0 Å². The molecule has 0 aliphatic heterocycles. The minimum atomic E-state index is -4.50. The molecule has 0 bridgehead atoms. The van der Waals surface area contributed by atoms with Crippen LogP contribution in [0.4, 0.5) is 30.4 Å². The first kappa shape index (κ1) is 18.4. The fraction of sp³-hybridized carbons (Fsp3) is 0.100. The summed E-state index contributed by atoms with van der Waals surface area (Å²) in [7, 11) is 0. The molecule has 7 heteroatoms. The number of hydrogen-bond donors (Lipinski definition) is 2. The quantitative estimate of drug-likeness (QED) is 0.645. The van der Waals surface area contributed by atoms with Crippen molar-refractivity contribution in [2.45, 2.75) is 13.1 Å². The molecule has 0 aliphatic carbocycles. The van der Waals surface area contributed by atoms with E-state index in [1.54, 1.807) is 6.07 Å². The highest BCUT2D eigenvalue weighted by Crippen LogP contribution is 2.35. The van der Waals surface area contributed by atoms with Crippen LogP contribution in [-0.4, -0.2) is 10.9 Å². The third kappa shape index (κ3) is 4.63. The molecule has 3 aromatic rings. The van der Waals surface area contributed by atoms with Gasteiger partial charge in [0.05, 0.1) is 11.3 Å². The van der Waals surface area contributed by atoms with Crippen LogP contribution in [0.1, 0.15) is 21.5 Å². The molecule has 0 unspecified atom stereocenters. The van der Waals surface area contributed by atoms with Gasteiger partial charge in [-0.2, -0.15) is 13.2 Å². The number of carbonyl (C=O) groups is 1. The Hall–Kier alpha value is -3.35. The minimum Gasteiger partial charge on any atom is -0.340 e. The summed E-state index contributed by atoms with van der Waals surface area (Å²) in [5, 5.41) is 5.39. The number of halogens is 3. The van der Waals surface area contributed by atoms with Gasteiger partial charge in [0, 0.05) is 17.4 Å². The highest BCUT2D eigenvalue weighted by atomic mass is 19.4. The zero-order chi connectivity index (χ0) is 19.4. The molecule has 0 aliphatic rings. The van der Waals surface area contributed by atoms with Crippen molar-refractivity contribution in [1.29, 1.82) is 0 Å². The first-order valence-corrected chi connectivity index (χ1v) is 8.10. The smallest absolute Gasteiger partial charge is 0.340 e. The molecule has 4 nitrogen and oxygen atoms in total. The molecular formula is C20H16F3N3O. The van der Waals surface area contributed by atoms with Gasteiger partial charge < -0.3 is 10.6 Å². The molecule has 0 fully saturated rings. The predicted molar refractivity (Wildman–Crippen MR) is 98.1 cm³/mol. The minimum absolute atomic E-state index is 0.131. The van der Waals surface area contributed by atoms with E-state index in [1.807, 2.05) is 25.1 Å². The standard InChI is InChI=1S/C20H16F3N3O/c1-13-5-4-6-15(11-13)25-19(27)14-9-10-24-18(12-14)26-17-8-3-2-7-16(17)20(21,22)23/h2-12H,1H3,(H,24,26)(H,25,27). The first-order valence-electron chi connectivity index (χ1n) is 8.10. The number of anilines is 3. The molecule has 0 saturated carbocycles. The predicted octanol–water partition coefficient (Wildman–Crippen LogP) is 5.40. The van der Waals surface area contributed by atoms with Gasteiger partial charge in [-0.05, 0) is 48.9 Å². The van der Waals surface area contributed by atoms with E-state index in [-0.39, 0.29) is 23.0 Å². The van der Waals surface area contributed by atoms with Crippen LogP contribution in [0.3, 0.4) is 0 Å². The fourth-order valence-electron chi connectivity index (χ4n) is 2.54. The molecule has 0 radical (unpaired) electrons. The second kappa shape index (κ2) is 7.49. The highest BCUT2D eigenvalue weighted by Gasteiger charge is 2.33. The topological polar surface area (TPSA) is 54.0 Å². The summed E-state index contributed by atoms with van der Waals surface area (Å²) in [4.78, 5) is 16.4. The summed E-state index contributed by atoms with van der Waals surface area (Å²) in [6, 6.07) is 15.3. The zero-order valence-electron chi connectivity index (χ0n) is 14.3. The molecule has 1 aromatic heterocycles. The average molecular weight is 371 g/mol. The third-order valence-corrected chi connectivity index (χ3v) is 3.79. The maximum Gasteiger partial charge on any atom is 0.418 e. The molecule has 0 atom stereocenters. The molecule has 0 spiro atoms. The second-order valence-corrected chi connectivity index (χ2v) is 5.92. The summed E-state index contributed by atoms with van der Waals surface area (Å²) in [5.74, 6) is -0.237. The molecule has 138 valence electrons. The maximum absolute atomic E-state index is 13.1. The molecule has 2 N–H and O–H groups in total. The average Bonchev–Trinajstić information content (AvgIpc) is 2.61. The molecule has 1 heterocycles. The van der Waals surface area contributed by atoms with E-state index < -0.39 is 11.7 Å². The lowest BCUT2D eigenvalue weighted by Crippen LogP contribution is -2.13. The number of nitrogens with one attached hydrogen (secondary N) is 2. The monoisotopic (exact) mass is 371 g/mol. The Morgan fingerprint density at radius 2 is 1.78 bits per heavy atom. The Labute approximate surface area is 154 Å². The summed E-state index contributed by atoms with van der Waals surface area (Å²) < 4.78 is 39.3. The number of hydrogen-bond acceptors (Lipinski definition) is 3. The molecular weight excluding hydrogens is 355 g/mol. The van der Waals surface area contributed by atoms with Crippen LogP contribution in [-0.2, 0) is 6.18 Å². The Morgan fingerprint density at radius 3 is 2.52 bits per heavy atom. The number of carbonyl (C=O) groups excluding carboxylic acids is 1. The number of aromatic nitrogens is 1. The number of alkyl halides is 3. The summed E-state index contributed by atoms with van der Waals surface area (Å²) in [6.07, 6.45) is -3.13. The molecule has 2 aromatic carbocycles. The van der Waals surface area contributed by atoms with Gasteiger partial charge in [-0.15, -0.1) is 0 Å². The number of nitrogens with zero attached hydrogens (tertiary/aromatic N) is 1.